The number of aliphatic hydroxyl groups is 1. The van der Waals surface area contributed by atoms with Gasteiger partial charge in [-0.2, -0.15) is 0 Å². The average molecular weight is 186 g/mol. The molecule has 0 aromatic heterocycles. The number of nitrogens with two attached hydrogens (primary N) is 1. The summed E-state index contributed by atoms with van der Waals surface area (Å²) >= 11 is 0. The van der Waals surface area contributed by atoms with Crippen molar-refractivity contribution in [2.75, 3.05) is 13.2 Å². The van der Waals surface area contributed by atoms with Crippen LogP contribution >= 0.6 is 0 Å². The summed E-state index contributed by atoms with van der Waals surface area (Å²) in [4.78, 5) is 2.40. The van der Waals surface area contributed by atoms with Crippen molar-refractivity contribution in [3.05, 3.63) is 0 Å². The Hall–Kier alpha value is -0.120. The predicted octanol–water partition coefficient (Wildman–Crippen LogP) is 0.569. The van der Waals surface area contributed by atoms with Gasteiger partial charge < -0.3 is 10.8 Å². The number of likely N-dealkylation sites (tertiary alicyclic amines) is 1. The zero-order valence-electron chi connectivity index (χ0n) is 8.74. The Morgan fingerprint density at radius 1 is 1.54 bits per heavy atom. The van der Waals surface area contributed by atoms with Crippen LogP contribution in [0.4, 0.5) is 0 Å². The highest BCUT2D eigenvalue weighted by Gasteiger charge is 2.33. The zero-order chi connectivity index (χ0) is 9.84. The molecule has 0 aromatic rings. The van der Waals surface area contributed by atoms with Crippen LogP contribution in [0.25, 0.3) is 0 Å². The van der Waals surface area contributed by atoms with E-state index in [1.165, 1.54) is 19.3 Å². The topological polar surface area (TPSA) is 49.5 Å². The lowest BCUT2D eigenvalue weighted by atomic mass is 10.1. The van der Waals surface area contributed by atoms with E-state index in [1.54, 1.807) is 0 Å². The first-order chi connectivity index (χ1) is 6.24. The maximum atomic E-state index is 9.20. The van der Waals surface area contributed by atoms with E-state index in [-0.39, 0.29) is 12.6 Å². The quantitative estimate of drug-likeness (QED) is 0.675. The van der Waals surface area contributed by atoms with E-state index in [0.29, 0.717) is 18.6 Å². The van der Waals surface area contributed by atoms with E-state index in [2.05, 4.69) is 18.7 Å². The number of hydrogen-bond donors (Lipinski definition) is 2. The number of rotatable bonds is 4. The summed E-state index contributed by atoms with van der Waals surface area (Å²) < 4.78 is 0. The van der Waals surface area contributed by atoms with Crippen LogP contribution in [0.15, 0.2) is 0 Å². The van der Waals surface area contributed by atoms with Gasteiger partial charge in [-0.05, 0) is 26.2 Å². The molecule has 1 rings (SSSR count). The van der Waals surface area contributed by atoms with Crippen molar-refractivity contribution in [1.29, 1.82) is 0 Å². The van der Waals surface area contributed by atoms with Crippen molar-refractivity contribution in [3.63, 3.8) is 0 Å². The molecule has 1 aliphatic rings. The summed E-state index contributed by atoms with van der Waals surface area (Å²) in [7, 11) is 0. The molecule has 0 radical (unpaired) electrons. The maximum absolute atomic E-state index is 9.20. The third kappa shape index (κ3) is 2.22. The molecule has 3 N–H and O–H groups in total. The predicted molar refractivity (Wildman–Crippen MR) is 54.5 cm³/mol. The third-order valence-electron chi connectivity index (χ3n) is 3.22. The minimum atomic E-state index is 0.169. The normalized spacial score (nSPS) is 32.3. The van der Waals surface area contributed by atoms with Crippen molar-refractivity contribution in [2.45, 2.75) is 51.2 Å². The van der Waals surface area contributed by atoms with Crippen molar-refractivity contribution >= 4 is 0 Å². The summed E-state index contributed by atoms with van der Waals surface area (Å²) in [6, 6.07) is 1.39. The summed E-state index contributed by atoms with van der Waals surface area (Å²) in [5.74, 6) is 0. The third-order valence-corrected chi connectivity index (χ3v) is 3.22. The summed E-state index contributed by atoms with van der Waals surface area (Å²) in [6.07, 6.45) is 3.67. The molecule has 0 amide bonds. The smallest absolute Gasteiger partial charge is 0.0599 e. The minimum Gasteiger partial charge on any atom is -0.395 e. The van der Waals surface area contributed by atoms with Crippen LogP contribution in [0, 0.1) is 0 Å². The van der Waals surface area contributed by atoms with Gasteiger partial charge in [0.05, 0.1) is 6.61 Å². The molecule has 3 heteroatoms. The Labute approximate surface area is 80.9 Å². The molecule has 0 aromatic carbocycles. The monoisotopic (exact) mass is 186 g/mol. The van der Waals surface area contributed by atoms with E-state index in [9.17, 15) is 5.11 Å². The fourth-order valence-corrected chi connectivity index (χ4v) is 2.46. The lowest BCUT2D eigenvalue weighted by molar-refractivity contribution is 0.0864. The van der Waals surface area contributed by atoms with E-state index in [0.717, 1.165) is 0 Å². The van der Waals surface area contributed by atoms with Crippen molar-refractivity contribution in [2.24, 2.45) is 5.73 Å². The molecular weight excluding hydrogens is 164 g/mol. The molecule has 1 aliphatic heterocycles. The Kier molecular flexibility index (Phi) is 4.16. The van der Waals surface area contributed by atoms with Gasteiger partial charge in [-0.15, -0.1) is 0 Å². The Bertz CT molecular complexity index is 148. The molecular formula is C10H22N2O. The van der Waals surface area contributed by atoms with Gasteiger partial charge in [-0.1, -0.05) is 6.92 Å². The largest absolute Gasteiger partial charge is 0.395 e. The molecule has 1 saturated heterocycles. The zero-order valence-corrected chi connectivity index (χ0v) is 8.74. The first kappa shape index (κ1) is 11.0. The van der Waals surface area contributed by atoms with Gasteiger partial charge in [0.2, 0.25) is 0 Å². The first-order valence-electron chi connectivity index (χ1n) is 5.32. The van der Waals surface area contributed by atoms with Gasteiger partial charge in [0.1, 0.15) is 0 Å². The molecule has 1 fully saturated rings. The second-order valence-corrected chi connectivity index (χ2v) is 4.01. The van der Waals surface area contributed by atoms with Gasteiger partial charge in [-0.25, -0.2) is 0 Å². The highest BCUT2D eigenvalue weighted by molar-refractivity contribution is 4.89. The van der Waals surface area contributed by atoms with Crippen LogP contribution in [-0.2, 0) is 0 Å². The summed E-state index contributed by atoms with van der Waals surface area (Å²) in [5, 5.41) is 9.20. The van der Waals surface area contributed by atoms with Crippen LogP contribution in [0.3, 0.4) is 0 Å². The summed E-state index contributed by atoms with van der Waals surface area (Å²) in [6.45, 7) is 5.20. The molecule has 3 unspecified atom stereocenters. The second kappa shape index (κ2) is 4.94. The van der Waals surface area contributed by atoms with Gasteiger partial charge in [0.15, 0.2) is 0 Å². The lowest BCUT2D eigenvalue weighted by Gasteiger charge is -2.34. The first-order valence-corrected chi connectivity index (χ1v) is 5.32. The maximum Gasteiger partial charge on any atom is 0.0599 e. The Morgan fingerprint density at radius 2 is 2.23 bits per heavy atom. The molecule has 3 atom stereocenters. The van der Waals surface area contributed by atoms with Crippen LogP contribution < -0.4 is 5.73 Å². The SMILES string of the molecule is CCC1CCC(C)N1C(CN)CO. The van der Waals surface area contributed by atoms with Crippen molar-refractivity contribution < 1.29 is 5.11 Å². The van der Waals surface area contributed by atoms with Crippen LogP contribution in [0.1, 0.15) is 33.1 Å². The number of nitrogens with zero attached hydrogens (tertiary/aromatic N) is 1. The van der Waals surface area contributed by atoms with Crippen molar-refractivity contribution in [3.8, 4) is 0 Å². The van der Waals surface area contributed by atoms with Gasteiger partial charge in [-0.3, -0.25) is 4.90 Å². The van der Waals surface area contributed by atoms with Crippen LogP contribution in [-0.4, -0.2) is 41.3 Å². The van der Waals surface area contributed by atoms with Crippen molar-refractivity contribution in [1.82, 2.24) is 4.90 Å². The molecule has 0 bridgehead atoms. The van der Waals surface area contributed by atoms with Gasteiger partial charge in [0.25, 0.3) is 0 Å². The number of aliphatic hydroxyl groups excluding tert-OH is 1. The van der Waals surface area contributed by atoms with E-state index in [4.69, 9.17) is 5.73 Å². The standard InChI is InChI=1S/C10H22N2O/c1-3-9-5-4-8(2)12(9)10(6-11)7-13/h8-10,13H,3-7,11H2,1-2H3. The fourth-order valence-electron chi connectivity index (χ4n) is 2.46. The lowest BCUT2D eigenvalue weighted by Crippen LogP contribution is -2.48. The molecule has 13 heavy (non-hydrogen) atoms. The molecule has 0 aliphatic carbocycles. The molecule has 78 valence electrons. The van der Waals surface area contributed by atoms with Crippen LogP contribution in [0.2, 0.25) is 0 Å². The highest BCUT2D eigenvalue weighted by Crippen LogP contribution is 2.27. The molecule has 0 saturated carbocycles. The molecule has 1 heterocycles. The van der Waals surface area contributed by atoms with E-state index >= 15 is 0 Å². The fraction of sp³-hybridized carbons (Fsp3) is 1.00. The Balaban J connectivity index is 2.61. The summed E-state index contributed by atoms with van der Waals surface area (Å²) in [5.41, 5.74) is 5.64. The highest BCUT2D eigenvalue weighted by atomic mass is 16.3. The number of hydrogen-bond acceptors (Lipinski definition) is 3. The van der Waals surface area contributed by atoms with E-state index < -0.39 is 0 Å². The molecule has 0 spiro atoms. The average Bonchev–Trinajstić information content (AvgIpc) is 2.51. The van der Waals surface area contributed by atoms with Gasteiger partial charge in [0, 0.05) is 24.7 Å². The minimum absolute atomic E-state index is 0.169. The van der Waals surface area contributed by atoms with Crippen LogP contribution in [0.5, 0.6) is 0 Å². The van der Waals surface area contributed by atoms with Gasteiger partial charge >= 0.3 is 0 Å². The molecule has 3 nitrogen and oxygen atoms in total. The van der Waals surface area contributed by atoms with E-state index in [1.807, 2.05) is 0 Å². The second-order valence-electron chi connectivity index (χ2n) is 4.01. The Morgan fingerprint density at radius 3 is 2.69 bits per heavy atom.